The maximum atomic E-state index is 12.6. The summed E-state index contributed by atoms with van der Waals surface area (Å²) in [5, 5.41) is 0. The SMILES string of the molecule is CC1(c2cccc([C@H]3CC4(CCC3=O)OCCCCO4)c2)OCCO1. The third-order valence-corrected chi connectivity index (χ3v) is 5.58. The molecule has 1 atom stereocenters. The molecule has 2 heterocycles. The zero-order valence-electron chi connectivity index (χ0n) is 14.8. The Bertz CT molecular complexity index is 627. The van der Waals surface area contributed by atoms with E-state index < -0.39 is 11.6 Å². The smallest absolute Gasteiger partial charge is 0.192 e. The van der Waals surface area contributed by atoms with Gasteiger partial charge in [-0.2, -0.15) is 0 Å². The lowest BCUT2D eigenvalue weighted by Crippen LogP contribution is -2.43. The highest BCUT2D eigenvalue weighted by atomic mass is 16.7. The van der Waals surface area contributed by atoms with Crippen molar-refractivity contribution in [2.24, 2.45) is 0 Å². The van der Waals surface area contributed by atoms with Gasteiger partial charge in [-0.15, -0.1) is 0 Å². The normalized spacial score (nSPS) is 28.8. The number of rotatable bonds is 2. The minimum atomic E-state index is -0.721. The number of carbonyl (C=O) groups is 1. The number of ether oxygens (including phenoxy) is 4. The Morgan fingerprint density at radius 1 is 1.00 bits per heavy atom. The van der Waals surface area contributed by atoms with Crippen LogP contribution in [0.5, 0.6) is 0 Å². The lowest BCUT2D eigenvalue weighted by Gasteiger charge is -2.39. The molecule has 1 saturated carbocycles. The Balaban J connectivity index is 1.60. The predicted molar refractivity (Wildman–Crippen MR) is 91.2 cm³/mol. The predicted octanol–water partition coefficient (Wildman–Crippen LogP) is 3.27. The molecular formula is C20H26O5. The first kappa shape index (κ1) is 17.2. The fourth-order valence-corrected chi connectivity index (χ4v) is 4.06. The van der Waals surface area contributed by atoms with Crippen molar-refractivity contribution in [1.29, 1.82) is 0 Å². The van der Waals surface area contributed by atoms with Gasteiger partial charge in [-0.3, -0.25) is 4.79 Å². The standard InChI is InChI=1S/C20H26O5/c1-19(22-11-12-23-19)16-6-4-5-15(13-16)17-14-20(8-7-18(17)21)24-9-2-3-10-25-20/h4-6,13,17H,2-3,7-12,14H2,1H3/t17-/m1/s1. The van der Waals surface area contributed by atoms with Gasteiger partial charge in [0.1, 0.15) is 5.78 Å². The van der Waals surface area contributed by atoms with Crippen LogP contribution in [0, 0.1) is 0 Å². The number of ketones is 1. The Morgan fingerprint density at radius 2 is 1.72 bits per heavy atom. The maximum absolute atomic E-state index is 12.6. The first-order chi connectivity index (χ1) is 12.1. The summed E-state index contributed by atoms with van der Waals surface area (Å²) in [4.78, 5) is 12.6. The second kappa shape index (κ2) is 6.80. The lowest BCUT2D eigenvalue weighted by molar-refractivity contribution is -0.241. The Hall–Kier alpha value is -1.27. The van der Waals surface area contributed by atoms with Crippen molar-refractivity contribution < 1.29 is 23.7 Å². The van der Waals surface area contributed by atoms with Gasteiger partial charge >= 0.3 is 0 Å². The fourth-order valence-electron chi connectivity index (χ4n) is 4.06. The van der Waals surface area contributed by atoms with Crippen LogP contribution < -0.4 is 0 Å². The molecule has 1 spiro atoms. The highest BCUT2D eigenvalue weighted by Crippen LogP contribution is 2.42. The van der Waals surface area contributed by atoms with Crippen LogP contribution in [0.15, 0.2) is 24.3 Å². The lowest BCUT2D eigenvalue weighted by atomic mass is 9.78. The van der Waals surface area contributed by atoms with Crippen molar-refractivity contribution >= 4 is 5.78 Å². The molecule has 0 N–H and O–H groups in total. The summed E-state index contributed by atoms with van der Waals surface area (Å²) in [6.07, 6.45) is 3.78. The number of hydrogen-bond donors (Lipinski definition) is 0. The second-order valence-electron chi connectivity index (χ2n) is 7.31. The molecule has 1 aliphatic carbocycles. The van der Waals surface area contributed by atoms with Crippen LogP contribution >= 0.6 is 0 Å². The average molecular weight is 346 g/mol. The van der Waals surface area contributed by atoms with Crippen molar-refractivity contribution in [1.82, 2.24) is 0 Å². The van der Waals surface area contributed by atoms with E-state index in [0.29, 0.717) is 45.7 Å². The van der Waals surface area contributed by atoms with Crippen molar-refractivity contribution in [3.05, 3.63) is 35.4 Å². The monoisotopic (exact) mass is 346 g/mol. The quantitative estimate of drug-likeness (QED) is 0.823. The van der Waals surface area contributed by atoms with Crippen LogP contribution in [0.2, 0.25) is 0 Å². The minimum Gasteiger partial charge on any atom is -0.350 e. The van der Waals surface area contributed by atoms with E-state index in [1.54, 1.807) is 0 Å². The van der Waals surface area contributed by atoms with Gasteiger partial charge in [0, 0.05) is 30.7 Å². The minimum absolute atomic E-state index is 0.197. The number of hydrogen-bond acceptors (Lipinski definition) is 5. The Kier molecular flexibility index (Phi) is 4.67. The number of Topliss-reactive ketones (excluding diaryl/α,β-unsaturated/α-hetero) is 1. The van der Waals surface area contributed by atoms with Gasteiger partial charge in [0.15, 0.2) is 11.6 Å². The van der Waals surface area contributed by atoms with E-state index in [2.05, 4.69) is 0 Å². The van der Waals surface area contributed by atoms with E-state index in [4.69, 9.17) is 18.9 Å². The summed E-state index contributed by atoms with van der Waals surface area (Å²) in [5.41, 5.74) is 1.95. The summed E-state index contributed by atoms with van der Waals surface area (Å²) in [7, 11) is 0. The summed E-state index contributed by atoms with van der Waals surface area (Å²) < 4.78 is 23.6. The highest BCUT2D eigenvalue weighted by molar-refractivity contribution is 5.86. The van der Waals surface area contributed by atoms with Gasteiger partial charge < -0.3 is 18.9 Å². The zero-order chi connectivity index (χ0) is 17.3. The average Bonchev–Trinajstić information content (AvgIpc) is 2.96. The van der Waals surface area contributed by atoms with Crippen molar-refractivity contribution in [3.63, 3.8) is 0 Å². The van der Waals surface area contributed by atoms with E-state index in [1.807, 2.05) is 31.2 Å². The number of carbonyl (C=O) groups excluding carboxylic acids is 1. The third-order valence-electron chi connectivity index (χ3n) is 5.58. The fraction of sp³-hybridized carbons (Fsp3) is 0.650. The Morgan fingerprint density at radius 3 is 2.44 bits per heavy atom. The molecule has 4 rings (SSSR count). The molecule has 0 aromatic heterocycles. The van der Waals surface area contributed by atoms with Gasteiger partial charge in [0.05, 0.1) is 26.4 Å². The number of benzene rings is 1. The zero-order valence-corrected chi connectivity index (χ0v) is 14.8. The van der Waals surface area contributed by atoms with Crippen LogP contribution in [-0.4, -0.2) is 38.0 Å². The molecule has 2 aliphatic heterocycles. The van der Waals surface area contributed by atoms with Gasteiger partial charge in [-0.25, -0.2) is 0 Å². The molecule has 5 nitrogen and oxygen atoms in total. The summed E-state index contributed by atoms with van der Waals surface area (Å²) in [5.74, 6) is -1.26. The van der Waals surface area contributed by atoms with Crippen molar-refractivity contribution in [3.8, 4) is 0 Å². The maximum Gasteiger partial charge on any atom is 0.192 e. The molecule has 1 aromatic carbocycles. The molecule has 1 aromatic rings. The van der Waals surface area contributed by atoms with E-state index in [0.717, 1.165) is 24.0 Å². The van der Waals surface area contributed by atoms with Crippen molar-refractivity contribution in [2.75, 3.05) is 26.4 Å². The largest absolute Gasteiger partial charge is 0.350 e. The van der Waals surface area contributed by atoms with Gasteiger partial charge in [0.2, 0.25) is 0 Å². The van der Waals surface area contributed by atoms with Gasteiger partial charge in [-0.05, 0) is 31.4 Å². The van der Waals surface area contributed by atoms with Crippen LogP contribution in [-0.2, 0) is 29.5 Å². The molecule has 3 aliphatic rings. The first-order valence-corrected chi connectivity index (χ1v) is 9.29. The molecule has 5 heteroatoms. The molecule has 0 radical (unpaired) electrons. The van der Waals surface area contributed by atoms with Gasteiger partial charge in [0.25, 0.3) is 0 Å². The van der Waals surface area contributed by atoms with Crippen LogP contribution in [0.4, 0.5) is 0 Å². The third kappa shape index (κ3) is 3.38. The molecule has 0 unspecified atom stereocenters. The van der Waals surface area contributed by atoms with E-state index in [9.17, 15) is 4.79 Å². The topological polar surface area (TPSA) is 54.0 Å². The van der Waals surface area contributed by atoms with Crippen LogP contribution in [0.25, 0.3) is 0 Å². The highest BCUT2D eigenvalue weighted by Gasteiger charge is 2.44. The molecule has 0 bridgehead atoms. The van der Waals surface area contributed by atoms with Crippen LogP contribution in [0.3, 0.4) is 0 Å². The summed E-state index contributed by atoms with van der Waals surface area (Å²) in [6.45, 7) is 4.53. The van der Waals surface area contributed by atoms with Crippen molar-refractivity contribution in [2.45, 2.75) is 56.5 Å². The molecule has 0 amide bonds. The van der Waals surface area contributed by atoms with Crippen LogP contribution in [0.1, 0.15) is 56.1 Å². The molecular weight excluding hydrogens is 320 g/mol. The molecule has 25 heavy (non-hydrogen) atoms. The summed E-state index contributed by atoms with van der Waals surface area (Å²) >= 11 is 0. The van der Waals surface area contributed by atoms with E-state index in [-0.39, 0.29) is 11.7 Å². The molecule has 136 valence electrons. The second-order valence-corrected chi connectivity index (χ2v) is 7.31. The Labute approximate surface area is 148 Å². The summed E-state index contributed by atoms with van der Waals surface area (Å²) in [6, 6.07) is 8.03. The van der Waals surface area contributed by atoms with Gasteiger partial charge in [-0.1, -0.05) is 18.2 Å². The molecule has 3 fully saturated rings. The van der Waals surface area contributed by atoms with E-state index in [1.165, 1.54) is 0 Å². The van der Waals surface area contributed by atoms with E-state index >= 15 is 0 Å². The first-order valence-electron chi connectivity index (χ1n) is 9.29. The molecule has 2 saturated heterocycles.